The van der Waals surface area contributed by atoms with Gasteiger partial charge in [-0.25, -0.2) is 4.98 Å². The molecule has 0 atom stereocenters. The Bertz CT molecular complexity index is 513. The van der Waals surface area contributed by atoms with Gasteiger partial charge >= 0.3 is 0 Å². The number of fused-ring (bicyclic) bond motifs is 1. The molecule has 2 nitrogen and oxygen atoms in total. The van der Waals surface area contributed by atoms with Crippen molar-refractivity contribution in [2.45, 2.75) is 25.4 Å². The van der Waals surface area contributed by atoms with E-state index in [0.29, 0.717) is 5.88 Å². The fourth-order valence-corrected chi connectivity index (χ4v) is 3.36. The Morgan fingerprint density at radius 1 is 1.22 bits per heavy atom. The lowest BCUT2D eigenvalue weighted by atomic mass is 10.1. The highest BCUT2D eigenvalue weighted by Crippen LogP contribution is 2.22. The summed E-state index contributed by atoms with van der Waals surface area (Å²) in [5.41, 5.74) is 3.94. The Labute approximate surface area is 116 Å². The first-order valence-electron chi connectivity index (χ1n) is 6.13. The van der Waals surface area contributed by atoms with Crippen LogP contribution in [0.3, 0.4) is 0 Å². The minimum absolute atomic E-state index is 0.519. The standard InChI is InChI=1S/C14H15ClN2S/c15-7-13-10-18-14(16-13)5-6-17-8-11-3-1-2-4-12(11)9-17/h1-4,10H,5-9H2. The van der Waals surface area contributed by atoms with Crippen LogP contribution >= 0.6 is 22.9 Å². The second kappa shape index (κ2) is 5.39. The van der Waals surface area contributed by atoms with Gasteiger partial charge in [0, 0.05) is 31.4 Å². The van der Waals surface area contributed by atoms with Crippen molar-refractivity contribution in [3.63, 3.8) is 0 Å². The highest BCUT2D eigenvalue weighted by molar-refractivity contribution is 7.09. The van der Waals surface area contributed by atoms with Crippen LogP contribution in [0.1, 0.15) is 21.8 Å². The maximum Gasteiger partial charge on any atom is 0.0941 e. The number of hydrogen-bond donors (Lipinski definition) is 0. The number of halogens is 1. The van der Waals surface area contributed by atoms with Gasteiger partial charge in [0.2, 0.25) is 0 Å². The number of nitrogens with zero attached hydrogens (tertiary/aromatic N) is 2. The summed E-state index contributed by atoms with van der Waals surface area (Å²) in [6.45, 7) is 3.22. The van der Waals surface area contributed by atoms with Crippen molar-refractivity contribution in [1.82, 2.24) is 9.88 Å². The van der Waals surface area contributed by atoms with Crippen LogP contribution in [0.4, 0.5) is 0 Å². The second-order valence-corrected chi connectivity index (χ2v) is 5.81. The van der Waals surface area contributed by atoms with Crippen molar-refractivity contribution >= 4 is 22.9 Å². The molecule has 2 heterocycles. The summed E-state index contributed by atoms with van der Waals surface area (Å²) >= 11 is 7.48. The highest BCUT2D eigenvalue weighted by Gasteiger charge is 2.17. The van der Waals surface area contributed by atoms with Gasteiger partial charge in [-0.15, -0.1) is 22.9 Å². The van der Waals surface area contributed by atoms with E-state index >= 15 is 0 Å². The SMILES string of the molecule is ClCc1csc(CCN2Cc3ccccc3C2)n1. The molecule has 0 saturated carbocycles. The Hall–Kier alpha value is -0.900. The Kier molecular flexibility index (Phi) is 3.64. The molecule has 0 aliphatic carbocycles. The monoisotopic (exact) mass is 278 g/mol. The fourth-order valence-electron chi connectivity index (χ4n) is 2.34. The summed E-state index contributed by atoms with van der Waals surface area (Å²) in [6, 6.07) is 8.69. The second-order valence-electron chi connectivity index (χ2n) is 4.60. The third kappa shape index (κ3) is 2.58. The van der Waals surface area contributed by atoms with Gasteiger partial charge in [-0.3, -0.25) is 4.90 Å². The number of rotatable bonds is 4. The molecule has 1 aromatic heterocycles. The largest absolute Gasteiger partial charge is 0.294 e. The van der Waals surface area contributed by atoms with Gasteiger partial charge in [0.25, 0.3) is 0 Å². The van der Waals surface area contributed by atoms with Crippen LogP contribution < -0.4 is 0 Å². The van der Waals surface area contributed by atoms with Crippen LogP contribution in [0.25, 0.3) is 0 Å². The molecular formula is C14H15ClN2S. The molecule has 0 radical (unpaired) electrons. The summed E-state index contributed by atoms with van der Waals surface area (Å²) in [4.78, 5) is 6.98. The van der Waals surface area contributed by atoms with E-state index in [4.69, 9.17) is 11.6 Å². The van der Waals surface area contributed by atoms with Crippen molar-refractivity contribution in [1.29, 1.82) is 0 Å². The van der Waals surface area contributed by atoms with E-state index in [9.17, 15) is 0 Å². The van der Waals surface area contributed by atoms with Crippen LogP contribution in [0, 0.1) is 0 Å². The Morgan fingerprint density at radius 3 is 2.56 bits per heavy atom. The van der Waals surface area contributed by atoms with Crippen molar-refractivity contribution < 1.29 is 0 Å². The lowest BCUT2D eigenvalue weighted by Gasteiger charge is -2.13. The topological polar surface area (TPSA) is 16.1 Å². The molecule has 3 rings (SSSR count). The lowest BCUT2D eigenvalue weighted by molar-refractivity contribution is 0.288. The molecule has 0 amide bonds. The van der Waals surface area contributed by atoms with Crippen molar-refractivity contribution in [3.8, 4) is 0 Å². The van der Waals surface area contributed by atoms with Crippen LogP contribution in [-0.2, 0) is 25.4 Å². The maximum atomic E-state index is 5.76. The van der Waals surface area contributed by atoms with Gasteiger partial charge in [0.1, 0.15) is 0 Å². The van der Waals surface area contributed by atoms with E-state index < -0.39 is 0 Å². The molecule has 4 heteroatoms. The predicted molar refractivity (Wildman–Crippen MR) is 75.9 cm³/mol. The number of aromatic nitrogens is 1. The average molecular weight is 279 g/mol. The van der Waals surface area contributed by atoms with Gasteiger partial charge in [0.05, 0.1) is 16.6 Å². The molecule has 1 aliphatic heterocycles. The average Bonchev–Trinajstić information content (AvgIpc) is 3.02. The molecular weight excluding hydrogens is 264 g/mol. The number of thiazole rings is 1. The van der Waals surface area contributed by atoms with Crippen LogP contribution in [0.5, 0.6) is 0 Å². The molecule has 94 valence electrons. The zero-order valence-corrected chi connectivity index (χ0v) is 11.7. The van der Waals surface area contributed by atoms with Gasteiger partial charge < -0.3 is 0 Å². The maximum absolute atomic E-state index is 5.76. The van der Waals surface area contributed by atoms with E-state index in [1.54, 1.807) is 11.3 Å². The summed E-state index contributed by atoms with van der Waals surface area (Å²) in [5.74, 6) is 0.519. The zero-order chi connectivity index (χ0) is 12.4. The summed E-state index contributed by atoms with van der Waals surface area (Å²) in [7, 11) is 0. The van der Waals surface area contributed by atoms with Crippen molar-refractivity contribution in [2.75, 3.05) is 6.54 Å². The molecule has 0 unspecified atom stereocenters. The smallest absolute Gasteiger partial charge is 0.0941 e. The lowest BCUT2D eigenvalue weighted by Crippen LogP contribution is -2.19. The van der Waals surface area contributed by atoms with E-state index in [1.165, 1.54) is 16.1 Å². The Morgan fingerprint density at radius 2 is 1.94 bits per heavy atom. The third-order valence-corrected chi connectivity index (χ3v) is 4.52. The van der Waals surface area contributed by atoms with Gasteiger partial charge in [-0.1, -0.05) is 24.3 Å². The van der Waals surface area contributed by atoms with E-state index in [2.05, 4.69) is 39.5 Å². The molecule has 18 heavy (non-hydrogen) atoms. The number of hydrogen-bond acceptors (Lipinski definition) is 3. The fraction of sp³-hybridized carbons (Fsp3) is 0.357. The first kappa shape index (κ1) is 12.2. The molecule has 0 bridgehead atoms. The van der Waals surface area contributed by atoms with Crippen molar-refractivity contribution in [3.05, 3.63) is 51.5 Å². The van der Waals surface area contributed by atoms with Crippen LogP contribution in [-0.4, -0.2) is 16.4 Å². The van der Waals surface area contributed by atoms with E-state index in [0.717, 1.165) is 31.7 Å². The molecule has 0 saturated heterocycles. The van der Waals surface area contributed by atoms with E-state index in [-0.39, 0.29) is 0 Å². The number of benzene rings is 1. The quantitative estimate of drug-likeness (QED) is 0.797. The highest BCUT2D eigenvalue weighted by atomic mass is 35.5. The van der Waals surface area contributed by atoms with Gasteiger partial charge in [-0.2, -0.15) is 0 Å². The molecule has 0 N–H and O–H groups in total. The molecule has 0 spiro atoms. The normalized spacial score (nSPS) is 14.9. The molecule has 0 fully saturated rings. The summed E-state index contributed by atoms with van der Waals surface area (Å²) in [6.07, 6.45) is 1.02. The van der Waals surface area contributed by atoms with Crippen LogP contribution in [0.2, 0.25) is 0 Å². The van der Waals surface area contributed by atoms with Crippen LogP contribution in [0.15, 0.2) is 29.6 Å². The van der Waals surface area contributed by atoms with Crippen molar-refractivity contribution in [2.24, 2.45) is 0 Å². The minimum atomic E-state index is 0.519. The summed E-state index contributed by atoms with van der Waals surface area (Å²) < 4.78 is 0. The first-order valence-corrected chi connectivity index (χ1v) is 7.55. The minimum Gasteiger partial charge on any atom is -0.294 e. The Balaban J connectivity index is 1.57. The molecule has 2 aromatic rings. The summed E-state index contributed by atoms with van der Waals surface area (Å²) in [5, 5.41) is 3.25. The molecule has 1 aromatic carbocycles. The first-order chi connectivity index (χ1) is 8.85. The zero-order valence-electron chi connectivity index (χ0n) is 10.1. The number of alkyl halides is 1. The van der Waals surface area contributed by atoms with Gasteiger partial charge in [-0.05, 0) is 11.1 Å². The van der Waals surface area contributed by atoms with Gasteiger partial charge in [0.15, 0.2) is 0 Å². The third-order valence-electron chi connectivity index (χ3n) is 3.28. The predicted octanol–water partition coefficient (Wildman–Crippen LogP) is 3.44. The van der Waals surface area contributed by atoms with E-state index in [1.807, 2.05) is 0 Å². The molecule has 1 aliphatic rings.